The van der Waals surface area contributed by atoms with Crippen LogP contribution in [0.5, 0.6) is 0 Å². The third kappa shape index (κ3) is 2.86. The van der Waals surface area contributed by atoms with Crippen LogP contribution in [0, 0.1) is 5.82 Å². The number of hydrogen-bond acceptors (Lipinski definition) is 1. The van der Waals surface area contributed by atoms with Crippen molar-refractivity contribution < 1.29 is 9.18 Å². The molecule has 2 aromatic carbocycles. The van der Waals surface area contributed by atoms with Gasteiger partial charge in [-0.05, 0) is 36.0 Å². The Morgan fingerprint density at radius 1 is 1.14 bits per heavy atom. The van der Waals surface area contributed by atoms with E-state index in [4.69, 9.17) is 11.6 Å². The average Bonchev–Trinajstić information content (AvgIpc) is 2.42. The Morgan fingerprint density at radius 3 is 2.62 bits per heavy atom. The third-order valence-corrected chi connectivity index (χ3v) is 4.48. The van der Waals surface area contributed by atoms with Crippen LogP contribution in [0.25, 0.3) is 0 Å². The number of benzene rings is 2. The van der Waals surface area contributed by atoms with E-state index in [1.165, 1.54) is 12.5 Å². The first kappa shape index (κ1) is 14.3. The Kier molecular flexibility index (Phi) is 4.07. The molecular weight excluding hydrogens is 287 g/mol. The van der Waals surface area contributed by atoms with Gasteiger partial charge in [-0.2, -0.15) is 0 Å². The Bertz CT molecular complexity index is 677. The van der Waals surface area contributed by atoms with Crippen LogP contribution in [0.4, 0.5) is 4.39 Å². The van der Waals surface area contributed by atoms with Crippen molar-refractivity contribution in [3.63, 3.8) is 0 Å². The molecule has 3 heteroatoms. The zero-order chi connectivity index (χ0) is 14.8. The predicted molar refractivity (Wildman–Crippen MR) is 82.5 cm³/mol. The minimum absolute atomic E-state index is 0.0429. The molecule has 0 spiro atoms. The van der Waals surface area contributed by atoms with E-state index in [9.17, 15) is 9.18 Å². The van der Waals surface area contributed by atoms with E-state index >= 15 is 0 Å². The minimum atomic E-state index is -0.492. The van der Waals surface area contributed by atoms with Crippen LogP contribution < -0.4 is 0 Å². The summed E-state index contributed by atoms with van der Waals surface area (Å²) in [5, 5.41) is 0.0626. The van der Waals surface area contributed by atoms with Crippen LogP contribution in [0.1, 0.15) is 46.7 Å². The van der Waals surface area contributed by atoms with E-state index in [0.29, 0.717) is 11.5 Å². The molecule has 0 radical (unpaired) electrons. The second-order valence-electron chi connectivity index (χ2n) is 5.53. The van der Waals surface area contributed by atoms with Crippen LogP contribution in [0.15, 0.2) is 42.5 Å². The van der Waals surface area contributed by atoms with Gasteiger partial charge in [0.1, 0.15) is 5.82 Å². The number of halogens is 2. The van der Waals surface area contributed by atoms with Gasteiger partial charge in [-0.3, -0.25) is 4.79 Å². The molecule has 0 heterocycles. The summed E-state index contributed by atoms with van der Waals surface area (Å²) in [5.41, 5.74) is 2.19. The Morgan fingerprint density at radius 2 is 1.90 bits per heavy atom. The van der Waals surface area contributed by atoms with Gasteiger partial charge in [0, 0.05) is 12.0 Å². The van der Waals surface area contributed by atoms with E-state index in [-0.39, 0.29) is 17.2 Å². The molecule has 1 fully saturated rings. The molecule has 0 bridgehead atoms. The maximum Gasteiger partial charge on any atom is 0.167 e. The van der Waals surface area contributed by atoms with Crippen molar-refractivity contribution in [1.29, 1.82) is 0 Å². The molecule has 1 aliphatic carbocycles. The molecule has 0 amide bonds. The SMILES string of the molecule is O=C(Cc1cccc(Cl)c1F)c1ccccc1C1CCC1. The highest BCUT2D eigenvalue weighted by Crippen LogP contribution is 2.38. The molecule has 0 unspecified atom stereocenters. The number of ketones is 1. The van der Waals surface area contributed by atoms with Crippen molar-refractivity contribution in [2.45, 2.75) is 31.6 Å². The highest BCUT2D eigenvalue weighted by atomic mass is 35.5. The van der Waals surface area contributed by atoms with Crippen molar-refractivity contribution >= 4 is 17.4 Å². The second-order valence-corrected chi connectivity index (χ2v) is 5.94. The molecule has 3 rings (SSSR count). The predicted octanol–water partition coefficient (Wildman–Crippen LogP) is 5.17. The van der Waals surface area contributed by atoms with Gasteiger partial charge in [-0.15, -0.1) is 0 Å². The quantitative estimate of drug-likeness (QED) is 0.712. The van der Waals surface area contributed by atoms with E-state index < -0.39 is 5.82 Å². The fourth-order valence-corrected chi connectivity index (χ4v) is 2.97. The molecular formula is C18H16ClFO. The van der Waals surface area contributed by atoms with Crippen molar-refractivity contribution in [2.24, 2.45) is 0 Å². The second kappa shape index (κ2) is 5.98. The lowest BCUT2D eigenvalue weighted by atomic mass is 9.77. The van der Waals surface area contributed by atoms with Gasteiger partial charge < -0.3 is 0 Å². The van der Waals surface area contributed by atoms with E-state index in [1.54, 1.807) is 12.1 Å². The zero-order valence-corrected chi connectivity index (χ0v) is 12.4. The summed E-state index contributed by atoms with van der Waals surface area (Å²) >= 11 is 5.77. The smallest absolute Gasteiger partial charge is 0.167 e. The normalized spacial score (nSPS) is 14.8. The number of rotatable bonds is 4. The molecule has 1 aliphatic rings. The Balaban J connectivity index is 1.87. The van der Waals surface area contributed by atoms with Gasteiger partial charge >= 0.3 is 0 Å². The third-order valence-electron chi connectivity index (χ3n) is 4.19. The fraction of sp³-hybridized carbons (Fsp3) is 0.278. The first-order chi connectivity index (χ1) is 10.2. The largest absolute Gasteiger partial charge is 0.294 e. The zero-order valence-electron chi connectivity index (χ0n) is 11.6. The number of Topliss-reactive ketones (excluding diaryl/α,β-unsaturated/α-hetero) is 1. The Labute approximate surface area is 128 Å². The van der Waals surface area contributed by atoms with Crippen molar-refractivity contribution in [3.8, 4) is 0 Å². The first-order valence-corrected chi connectivity index (χ1v) is 7.59. The topological polar surface area (TPSA) is 17.1 Å². The van der Waals surface area contributed by atoms with Gasteiger partial charge in [0.05, 0.1) is 5.02 Å². The molecule has 0 N–H and O–H groups in total. The van der Waals surface area contributed by atoms with Gasteiger partial charge in [-0.25, -0.2) is 4.39 Å². The Hall–Kier alpha value is -1.67. The molecule has 2 aromatic rings. The van der Waals surface area contributed by atoms with Gasteiger partial charge in [0.15, 0.2) is 5.78 Å². The molecule has 1 nitrogen and oxygen atoms in total. The molecule has 108 valence electrons. The number of carbonyl (C=O) groups excluding carboxylic acids is 1. The summed E-state index contributed by atoms with van der Waals surface area (Å²) in [4.78, 5) is 12.5. The average molecular weight is 303 g/mol. The van der Waals surface area contributed by atoms with Crippen LogP contribution in [0.3, 0.4) is 0 Å². The lowest BCUT2D eigenvalue weighted by Crippen LogP contribution is -2.15. The monoisotopic (exact) mass is 302 g/mol. The molecule has 0 aliphatic heterocycles. The van der Waals surface area contributed by atoms with Crippen LogP contribution in [-0.4, -0.2) is 5.78 Å². The first-order valence-electron chi connectivity index (χ1n) is 7.22. The fourth-order valence-electron chi connectivity index (χ4n) is 2.78. The molecule has 0 atom stereocenters. The number of hydrogen-bond donors (Lipinski definition) is 0. The molecule has 0 saturated heterocycles. The lowest BCUT2D eigenvalue weighted by molar-refractivity contribution is 0.0990. The summed E-state index contributed by atoms with van der Waals surface area (Å²) in [5.74, 6) is -0.0540. The van der Waals surface area contributed by atoms with E-state index in [2.05, 4.69) is 0 Å². The highest BCUT2D eigenvalue weighted by Gasteiger charge is 2.24. The van der Waals surface area contributed by atoms with E-state index in [1.807, 2.05) is 24.3 Å². The lowest BCUT2D eigenvalue weighted by Gasteiger charge is -2.27. The van der Waals surface area contributed by atoms with Crippen molar-refractivity contribution in [1.82, 2.24) is 0 Å². The summed E-state index contributed by atoms with van der Waals surface area (Å²) < 4.78 is 13.9. The molecule has 0 aromatic heterocycles. The minimum Gasteiger partial charge on any atom is -0.294 e. The summed E-state index contributed by atoms with van der Waals surface area (Å²) in [6, 6.07) is 12.5. The van der Waals surface area contributed by atoms with E-state index in [0.717, 1.165) is 24.0 Å². The summed E-state index contributed by atoms with van der Waals surface area (Å²) in [6.07, 6.45) is 3.54. The molecule has 21 heavy (non-hydrogen) atoms. The standard InChI is InChI=1S/C18H16ClFO/c19-16-10-4-7-13(18(16)20)11-17(21)15-9-2-1-8-14(15)12-5-3-6-12/h1-2,4,7-10,12H,3,5-6,11H2. The van der Waals surface area contributed by atoms with Gasteiger partial charge in [0.25, 0.3) is 0 Å². The van der Waals surface area contributed by atoms with Crippen molar-refractivity contribution in [3.05, 3.63) is 70.0 Å². The van der Waals surface area contributed by atoms with Crippen LogP contribution in [-0.2, 0) is 6.42 Å². The summed E-state index contributed by atoms with van der Waals surface area (Å²) in [7, 11) is 0. The highest BCUT2D eigenvalue weighted by molar-refractivity contribution is 6.30. The number of carbonyl (C=O) groups is 1. The van der Waals surface area contributed by atoms with Crippen molar-refractivity contribution in [2.75, 3.05) is 0 Å². The maximum absolute atomic E-state index is 13.9. The molecule has 1 saturated carbocycles. The van der Waals surface area contributed by atoms with Crippen LogP contribution >= 0.6 is 11.6 Å². The maximum atomic E-state index is 13.9. The van der Waals surface area contributed by atoms with Crippen LogP contribution in [0.2, 0.25) is 5.02 Å². The van der Waals surface area contributed by atoms with Gasteiger partial charge in [-0.1, -0.05) is 54.4 Å². The van der Waals surface area contributed by atoms with Gasteiger partial charge in [0.2, 0.25) is 0 Å². The summed E-state index contributed by atoms with van der Waals surface area (Å²) in [6.45, 7) is 0.